The lowest BCUT2D eigenvalue weighted by Gasteiger charge is -2.41. The van der Waals surface area contributed by atoms with Crippen molar-refractivity contribution in [2.75, 3.05) is 7.05 Å². The highest BCUT2D eigenvalue weighted by Crippen LogP contribution is 2.34. The van der Waals surface area contributed by atoms with Crippen LogP contribution in [0.2, 0.25) is 0 Å². The average Bonchev–Trinajstić information content (AvgIpc) is 2.71. The monoisotopic (exact) mass is 282 g/mol. The van der Waals surface area contributed by atoms with Crippen LogP contribution in [0.5, 0.6) is 0 Å². The summed E-state index contributed by atoms with van der Waals surface area (Å²) >= 11 is 1.73. The van der Waals surface area contributed by atoms with Gasteiger partial charge in [0.25, 0.3) is 0 Å². The second-order valence-electron chi connectivity index (χ2n) is 6.39. The van der Waals surface area contributed by atoms with Crippen LogP contribution in [0.4, 0.5) is 0 Å². The predicted molar refractivity (Wildman–Crippen MR) is 82.3 cm³/mol. The van der Waals surface area contributed by atoms with Crippen LogP contribution in [0.1, 0.15) is 50.4 Å². The van der Waals surface area contributed by atoms with E-state index in [2.05, 4.69) is 26.0 Å². The number of carbonyl (C=O) groups is 1. The maximum Gasteiger partial charge on any atom is 0.230 e. The number of carbonyl (C=O) groups excluding carboxylic acids is 1. The summed E-state index contributed by atoms with van der Waals surface area (Å²) in [5.41, 5.74) is 5.00. The zero-order valence-electron chi connectivity index (χ0n) is 13.1. The second-order valence-corrected chi connectivity index (χ2v) is 7.71. The van der Waals surface area contributed by atoms with Gasteiger partial charge in [0.1, 0.15) is 0 Å². The van der Waals surface area contributed by atoms with Gasteiger partial charge < -0.3 is 10.6 Å². The third-order valence-electron chi connectivity index (χ3n) is 4.22. The lowest BCUT2D eigenvalue weighted by molar-refractivity contribution is -0.144. The van der Waals surface area contributed by atoms with Crippen LogP contribution in [0.3, 0.4) is 0 Å². The molecule has 19 heavy (non-hydrogen) atoms. The van der Waals surface area contributed by atoms with Gasteiger partial charge in [0.15, 0.2) is 0 Å². The van der Waals surface area contributed by atoms with E-state index in [1.54, 1.807) is 16.2 Å². The van der Waals surface area contributed by atoms with Gasteiger partial charge in [0.05, 0.1) is 11.5 Å². The molecule has 1 aromatic heterocycles. The molecule has 108 valence electrons. The Balaban J connectivity index is 2.94. The molecule has 0 aromatic carbocycles. The van der Waals surface area contributed by atoms with Gasteiger partial charge in [0, 0.05) is 22.3 Å². The molecule has 0 spiro atoms. The molecule has 3 nitrogen and oxygen atoms in total. The summed E-state index contributed by atoms with van der Waals surface area (Å²) in [6.45, 7) is 11.8. The van der Waals surface area contributed by atoms with Gasteiger partial charge >= 0.3 is 0 Å². The number of aryl methyl sites for hydroxylation is 1. The molecule has 0 bridgehead atoms. The minimum atomic E-state index is -0.595. The van der Waals surface area contributed by atoms with Crippen molar-refractivity contribution in [3.8, 4) is 0 Å². The van der Waals surface area contributed by atoms with Crippen molar-refractivity contribution in [1.29, 1.82) is 0 Å². The Bertz CT molecular complexity index is 457. The van der Waals surface area contributed by atoms with E-state index in [-0.39, 0.29) is 11.9 Å². The summed E-state index contributed by atoms with van der Waals surface area (Å²) in [6, 6.07) is 4.26. The van der Waals surface area contributed by atoms with Gasteiger partial charge in [-0.25, -0.2) is 0 Å². The van der Waals surface area contributed by atoms with Crippen molar-refractivity contribution >= 4 is 17.2 Å². The van der Waals surface area contributed by atoms with E-state index in [9.17, 15) is 4.79 Å². The van der Waals surface area contributed by atoms with Gasteiger partial charge in [-0.2, -0.15) is 0 Å². The van der Waals surface area contributed by atoms with E-state index in [1.807, 2.05) is 34.7 Å². The molecule has 0 saturated carbocycles. The largest absolute Gasteiger partial charge is 0.338 e. The third-order valence-corrected chi connectivity index (χ3v) is 5.39. The van der Waals surface area contributed by atoms with Gasteiger partial charge in [-0.15, -0.1) is 11.3 Å². The Morgan fingerprint density at radius 3 is 2.21 bits per heavy atom. The molecule has 2 N–H and O–H groups in total. The number of amides is 1. The molecule has 0 aliphatic rings. The van der Waals surface area contributed by atoms with Crippen LogP contribution < -0.4 is 5.73 Å². The van der Waals surface area contributed by atoms with E-state index in [1.165, 1.54) is 9.75 Å². The van der Waals surface area contributed by atoms with E-state index in [0.29, 0.717) is 0 Å². The Morgan fingerprint density at radius 2 is 1.84 bits per heavy atom. The topological polar surface area (TPSA) is 46.3 Å². The fourth-order valence-corrected chi connectivity index (χ4v) is 2.73. The second kappa shape index (κ2) is 5.25. The maximum absolute atomic E-state index is 12.7. The number of nitrogens with zero attached hydrogens (tertiary/aromatic N) is 1. The first-order chi connectivity index (χ1) is 8.48. The fourth-order valence-electron chi connectivity index (χ4n) is 1.76. The molecule has 1 atom stereocenters. The van der Waals surface area contributed by atoms with Crippen molar-refractivity contribution in [2.45, 2.75) is 53.1 Å². The Morgan fingerprint density at radius 1 is 1.32 bits per heavy atom. The van der Waals surface area contributed by atoms with Crippen LogP contribution >= 0.6 is 11.3 Å². The Kier molecular flexibility index (Phi) is 4.47. The quantitative estimate of drug-likeness (QED) is 0.920. The molecule has 1 amide bonds. The van der Waals surface area contributed by atoms with Crippen molar-refractivity contribution < 1.29 is 4.79 Å². The van der Waals surface area contributed by atoms with Crippen molar-refractivity contribution in [3.05, 3.63) is 21.9 Å². The normalized spacial score (nSPS) is 14.3. The summed E-state index contributed by atoms with van der Waals surface area (Å²) in [7, 11) is 1.86. The van der Waals surface area contributed by atoms with Gasteiger partial charge in [-0.1, -0.05) is 0 Å². The smallest absolute Gasteiger partial charge is 0.230 e. The van der Waals surface area contributed by atoms with Gasteiger partial charge in [0.2, 0.25) is 5.91 Å². The van der Waals surface area contributed by atoms with Crippen LogP contribution in [0, 0.1) is 12.3 Å². The molecule has 0 fully saturated rings. The van der Waals surface area contributed by atoms with E-state index in [0.717, 1.165) is 0 Å². The van der Waals surface area contributed by atoms with Crippen LogP contribution in [-0.2, 0) is 4.79 Å². The van der Waals surface area contributed by atoms with Crippen molar-refractivity contribution in [1.82, 2.24) is 4.90 Å². The average molecular weight is 282 g/mol. The van der Waals surface area contributed by atoms with Gasteiger partial charge in [-0.3, -0.25) is 4.79 Å². The Labute approximate surface area is 120 Å². The van der Waals surface area contributed by atoms with Crippen LogP contribution in [-0.4, -0.2) is 23.4 Å². The number of nitrogens with two attached hydrogens (primary N) is 1. The highest BCUT2D eigenvalue weighted by Gasteiger charge is 2.43. The number of hydrogen-bond donors (Lipinski definition) is 1. The molecular weight excluding hydrogens is 256 g/mol. The molecule has 1 unspecified atom stereocenters. The molecule has 0 saturated heterocycles. The lowest BCUT2D eigenvalue weighted by atomic mass is 9.74. The minimum Gasteiger partial charge on any atom is -0.338 e. The number of thiophene rings is 1. The lowest BCUT2D eigenvalue weighted by Crippen LogP contribution is -2.56. The minimum absolute atomic E-state index is 0.0767. The molecule has 1 heterocycles. The van der Waals surface area contributed by atoms with E-state index < -0.39 is 11.0 Å². The summed E-state index contributed by atoms with van der Waals surface area (Å²) in [5, 5.41) is 0. The third kappa shape index (κ3) is 3.18. The SMILES string of the molecule is Cc1ccc(C(C)N(C)C(=O)C(C)(C)C(C)(C)N)s1. The Hall–Kier alpha value is -0.870. The molecule has 4 heteroatoms. The molecule has 0 aliphatic carbocycles. The number of rotatable bonds is 4. The molecule has 1 rings (SSSR count). The molecular formula is C15H26N2OS. The van der Waals surface area contributed by atoms with E-state index in [4.69, 9.17) is 5.73 Å². The number of hydrogen-bond acceptors (Lipinski definition) is 3. The van der Waals surface area contributed by atoms with Gasteiger partial charge in [-0.05, 0) is 53.7 Å². The van der Waals surface area contributed by atoms with Crippen molar-refractivity contribution in [3.63, 3.8) is 0 Å². The summed E-state index contributed by atoms with van der Waals surface area (Å²) in [4.78, 5) is 17.0. The van der Waals surface area contributed by atoms with Crippen LogP contribution in [0.15, 0.2) is 12.1 Å². The van der Waals surface area contributed by atoms with E-state index >= 15 is 0 Å². The predicted octanol–water partition coefficient (Wildman–Crippen LogP) is 3.34. The zero-order chi connectivity index (χ0) is 15.0. The summed E-state index contributed by atoms with van der Waals surface area (Å²) in [6.07, 6.45) is 0. The highest BCUT2D eigenvalue weighted by molar-refractivity contribution is 7.12. The standard InChI is InChI=1S/C15H26N2OS/c1-10-8-9-12(19-10)11(2)17(7)13(18)14(3,4)15(5,6)16/h8-9,11H,16H2,1-7H3. The fraction of sp³-hybridized carbons (Fsp3) is 0.667. The highest BCUT2D eigenvalue weighted by atomic mass is 32.1. The summed E-state index contributed by atoms with van der Waals surface area (Å²) < 4.78 is 0. The first-order valence-corrected chi connectivity index (χ1v) is 7.42. The molecule has 0 aliphatic heterocycles. The van der Waals surface area contributed by atoms with Crippen molar-refractivity contribution in [2.24, 2.45) is 11.1 Å². The molecule has 0 radical (unpaired) electrons. The zero-order valence-corrected chi connectivity index (χ0v) is 13.9. The maximum atomic E-state index is 12.7. The molecule has 1 aromatic rings. The summed E-state index contributed by atoms with van der Waals surface area (Å²) in [5.74, 6) is 0.0820. The first kappa shape index (κ1) is 16.2. The van der Waals surface area contributed by atoms with Crippen LogP contribution in [0.25, 0.3) is 0 Å². The first-order valence-electron chi connectivity index (χ1n) is 6.61.